The molecule has 0 spiro atoms. The number of carbonyl (C=O) groups excluding carboxylic acids is 2. The Morgan fingerprint density at radius 1 is 1.03 bits per heavy atom. The maximum Gasteiger partial charge on any atom is 0.266 e. The number of nitrogens with one attached hydrogen (secondary N) is 1. The lowest BCUT2D eigenvalue weighted by molar-refractivity contribution is -0.255. The van der Waals surface area contributed by atoms with Gasteiger partial charge in [-0.3, -0.25) is 4.79 Å². The van der Waals surface area contributed by atoms with Crippen LogP contribution in [0.2, 0.25) is 0 Å². The van der Waals surface area contributed by atoms with E-state index in [2.05, 4.69) is 5.32 Å². The zero-order chi connectivity index (χ0) is 22.9. The molecular formula is C25H19N2O5-. The molecule has 32 heavy (non-hydrogen) atoms. The molecule has 0 aliphatic carbocycles. The predicted molar refractivity (Wildman–Crippen MR) is 117 cm³/mol. The van der Waals surface area contributed by atoms with Crippen LogP contribution in [-0.4, -0.2) is 19.0 Å². The minimum Gasteiger partial charge on any atom is -0.545 e. The molecule has 3 aromatic rings. The lowest BCUT2D eigenvalue weighted by Crippen LogP contribution is -2.22. The average molecular weight is 427 g/mol. The first-order chi connectivity index (χ1) is 15.5. The number of para-hydroxylation sites is 1. The lowest BCUT2D eigenvalue weighted by Gasteiger charge is -2.12. The largest absolute Gasteiger partial charge is 0.545 e. The fourth-order valence-corrected chi connectivity index (χ4v) is 2.83. The summed E-state index contributed by atoms with van der Waals surface area (Å²) in [5, 5.41) is 22.9. The summed E-state index contributed by atoms with van der Waals surface area (Å²) in [5.74, 6) is -0.873. The number of rotatable bonds is 8. The first-order valence-electron chi connectivity index (χ1n) is 9.59. The second kappa shape index (κ2) is 10.5. The predicted octanol–water partition coefficient (Wildman–Crippen LogP) is 3.18. The van der Waals surface area contributed by atoms with Crippen molar-refractivity contribution in [1.82, 2.24) is 0 Å². The van der Waals surface area contributed by atoms with E-state index in [0.717, 1.165) is 5.56 Å². The van der Waals surface area contributed by atoms with Crippen LogP contribution in [0, 0.1) is 11.3 Å². The zero-order valence-electron chi connectivity index (χ0n) is 17.2. The highest BCUT2D eigenvalue weighted by molar-refractivity contribution is 6.09. The summed E-state index contributed by atoms with van der Waals surface area (Å²) in [6, 6.07) is 22.0. The first kappa shape index (κ1) is 22.1. The highest BCUT2D eigenvalue weighted by Gasteiger charge is 2.11. The summed E-state index contributed by atoms with van der Waals surface area (Å²) in [5.41, 5.74) is 1.98. The van der Waals surface area contributed by atoms with Crippen molar-refractivity contribution >= 4 is 23.6 Å². The molecule has 0 saturated heterocycles. The number of amides is 1. The molecule has 0 heterocycles. The molecule has 0 radical (unpaired) electrons. The van der Waals surface area contributed by atoms with E-state index in [1.165, 1.54) is 25.3 Å². The Labute approximate surface area is 185 Å². The van der Waals surface area contributed by atoms with Gasteiger partial charge in [-0.05, 0) is 47.0 Å². The third-order valence-corrected chi connectivity index (χ3v) is 4.48. The molecule has 0 unspecified atom stereocenters. The molecule has 0 bridgehead atoms. The van der Waals surface area contributed by atoms with Gasteiger partial charge in [0.2, 0.25) is 0 Å². The van der Waals surface area contributed by atoms with Crippen molar-refractivity contribution in [3.05, 3.63) is 95.1 Å². The Bertz CT molecular complexity index is 1180. The molecule has 0 aliphatic heterocycles. The number of nitrogens with zero attached hydrogens (tertiary/aromatic N) is 1. The second-order valence-corrected chi connectivity index (χ2v) is 6.67. The average Bonchev–Trinajstić information content (AvgIpc) is 2.82. The van der Waals surface area contributed by atoms with E-state index in [1.54, 1.807) is 54.6 Å². The Kier molecular flexibility index (Phi) is 7.23. The summed E-state index contributed by atoms with van der Waals surface area (Å²) in [4.78, 5) is 23.2. The molecule has 0 saturated carbocycles. The van der Waals surface area contributed by atoms with Crippen LogP contribution in [0.15, 0.2) is 78.4 Å². The summed E-state index contributed by atoms with van der Waals surface area (Å²) < 4.78 is 11.1. The van der Waals surface area contributed by atoms with Gasteiger partial charge in [-0.2, -0.15) is 5.26 Å². The summed E-state index contributed by atoms with van der Waals surface area (Å²) in [7, 11) is 1.48. The molecule has 0 aromatic heterocycles. The Balaban J connectivity index is 1.72. The van der Waals surface area contributed by atoms with Gasteiger partial charge in [0.05, 0.1) is 13.1 Å². The molecule has 1 amide bonds. The second-order valence-electron chi connectivity index (χ2n) is 6.67. The van der Waals surface area contributed by atoms with Crippen molar-refractivity contribution in [3.8, 4) is 17.6 Å². The summed E-state index contributed by atoms with van der Waals surface area (Å²) >= 11 is 0. The van der Waals surface area contributed by atoms with Gasteiger partial charge in [0.1, 0.15) is 18.2 Å². The van der Waals surface area contributed by atoms with E-state index in [1.807, 2.05) is 12.1 Å². The molecule has 7 nitrogen and oxygen atoms in total. The van der Waals surface area contributed by atoms with Crippen LogP contribution < -0.4 is 19.9 Å². The van der Waals surface area contributed by atoms with E-state index in [-0.39, 0.29) is 17.7 Å². The number of ether oxygens (including phenoxy) is 2. The Morgan fingerprint density at radius 2 is 1.75 bits per heavy atom. The van der Waals surface area contributed by atoms with Crippen LogP contribution >= 0.6 is 0 Å². The number of hydrogen-bond acceptors (Lipinski definition) is 6. The number of carbonyl (C=O) groups is 2. The highest BCUT2D eigenvalue weighted by Crippen LogP contribution is 2.30. The SMILES string of the molecule is COc1cc(/C=C(/C#N)C(=O)Nc2ccccc2)ccc1OCc1ccc(C(=O)[O-])cc1. The topological polar surface area (TPSA) is 111 Å². The van der Waals surface area contributed by atoms with Gasteiger partial charge >= 0.3 is 0 Å². The third-order valence-electron chi connectivity index (χ3n) is 4.48. The van der Waals surface area contributed by atoms with Crippen molar-refractivity contribution in [2.24, 2.45) is 0 Å². The van der Waals surface area contributed by atoms with Crippen molar-refractivity contribution in [2.45, 2.75) is 6.61 Å². The molecule has 1 N–H and O–H groups in total. The number of carboxylic acids is 1. The first-order valence-corrected chi connectivity index (χ1v) is 9.59. The number of methoxy groups -OCH3 is 1. The summed E-state index contributed by atoms with van der Waals surface area (Å²) in [6.45, 7) is 0.196. The quantitative estimate of drug-likeness (QED) is 0.437. The highest BCUT2D eigenvalue weighted by atomic mass is 16.5. The Hall–Kier alpha value is -4.57. The number of carboxylic acid groups (broad SMARTS) is 1. The van der Waals surface area contributed by atoms with Gasteiger partial charge in [0.15, 0.2) is 11.5 Å². The number of aromatic carboxylic acids is 1. The Morgan fingerprint density at radius 3 is 2.38 bits per heavy atom. The third kappa shape index (κ3) is 5.74. The number of nitriles is 1. The van der Waals surface area contributed by atoms with Crippen molar-refractivity contribution in [2.75, 3.05) is 12.4 Å². The van der Waals surface area contributed by atoms with Crippen LogP contribution in [0.25, 0.3) is 6.08 Å². The molecular weight excluding hydrogens is 408 g/mol. The fourth-order valence-electron chi connectivity index (χ4n) is 2.83. The smallest absolute Gasteiger partial charge is 0.266 e. The van der Waals surface area contributed by atoms with E-state index < -0.39 is 11.9 Å². The zero-order valence-corrected chi connectivity index (χ0v) is 17.2. The van der Waals surface area contributed by atoms with Crippen LogP contribution in [0.5, 0.6) is 11.5 Å². The van der Waals surface area contributed by atoms with Gasteiger partial charge in [0.25, 0.3) is 5.91 Å². The van der Waals surface area contributed by atoms with Crippen LogP contribution in [0.3, 0.4) is 0 Å². The summed E-state index contributed by atoms with van der Waals surface area (Å²) in [6.07, 6.45) is 1.46. The van der Waals surface area contributed by atoms with Gasteiger partial charge in [-0.1, -0.05) is 48.5 Å². The van der Waals surface area contributed by atoms with Crippen molar-refractivity contribution in [3.63, 3.8) is 0 Å². The normalized spacial score (nSPS) is 10.7. The lowest BCUT2D eigenvalue weighted by atomic mass is 10.1. The van der Waals surface area contributed by atoms with E-state index in [0.29, 0.717) is 22.7 Å². The van der Waals surface area contributed by atoms with Gasteiger partial charge in [0, 0.05) is 5.69 Å². The van der Waals surface area contributed by atoms with Crippen LogP contribution in [-0.2, 0) is 11.4 Å². The van der Waals surface area contributed by atoms with E-state index in [4.69, 9.17) is 9.47 Å². The van der Waals surface area contributed by atoms with Crippen LogP contribution in [0.1, 0.15) is 21.5 Å². The maximum atomic E-state index is 12.4. The van der Waals surface area contributed by atoms with Gasteiger partial charge < -0.3 is 24.7 Å². The minimum atomic E-state index is -1.24. The molecule has 0 aliphatic rings. The van der Waals surface area contributed by atoms with Gasteiger partial charge in [-0.25, -0.2) is 0 Å². The van der Waals surface area contributed by atoms with E-state index >= 15 is 0 Å². The maximum absolute atomic E-state index is 12.4. The van der Waals surface area contributed by atoms with Crippen molar-refractivity contribution < 1.29 is 24.2 Å². The molecule has 3 aromatic carbocycles. The monoisotopic (exact) mass is 427 g/mol. The molecule has 3 rings (SSSR count). The fraction of sp³-hybridized carbons (Fsp3) is 0.0800. The van der Waals surface area contributed by atoms with E-state index in [9.17, 15) is 20.0 Å². The van der Waals surface area contributed by atoms with Crippen LogP contribution in [0.4, 0.5) is 5.69 Å². The number of benzene rings is 3. The molecule has 0 atom stereocenters. The molecule has 0 fully saturated rings. The standard InChI is InChI=1S/C25H20N2O5/c1-31-23-14-18(13-20(15-26)24(28)27-21-5-3-2-4-6-21)9-12-22(23)32-16-17-7-10-19(11-8-17)25(29)30/h2-14H,16H2,1H3,(H,27,28)(H,29,30)/p-1/b20-13-. The number of hydrogen-bond donors (Lipinski definition) is 1. The van der Waals surface area contributed by atoms with Gasteiger partial charge in [-0.15, -0.1) is 0 Å². The number of anilines is 1. The molecule has 7 heteroatoms. The molecule has 160 valence electrons. The van der Waals surface area contributed by atoms with Crippen molar-refractivity contribution in [1.29, 1.82) is 5.26 Å². The minimum absolute atomic E-state index is 0.0578.